The van der Waals surface area contributed by atoms with Gasteiger partial charge in [0.1, 0.15) is 0 Å². The Kier molecular flexibility index (Phi) is 8.40. The highest BCUT2D eigenvalue weighted by Crippen LogP contribution is 2.33. The summed E-state index contributed by atoms with van der Waals surface area (Å²) in [5, 5.41) is 0.603. The van der Waals surface area contributed by atoms with Crippen molar-refractivity contribution in [2.45, 2.75) is 69.9 Å². The number of fused-ring (bicyclic) bond motifs is 1. The number of hydrogen-bond donors (Lipinski definition) is 0. The van der Waals surface area contributed by atoms with Gasteiger partial charge in [0, 0.05) is 30.5 Å². The lowest BCUT2D eigenvalue weighted by Gasteiger charge is -2.32. The van der Waals surface area contributed by atoms with E-state index in [1.807, 2.05) is 31.2 Å². The van der Waals surface area contributed by atoms with E-state index in [0.29, 0.717) is 23.8 Å². The molecule has 1 aliphatic carbocycles. The molecule has 0 aliphatic heterocycles. The molecule has 2 aromatic heterocycles. The minimum absolute atomic E-state index is 0.0390. The summed E-state index contributed by atoms with van der Waals surface area (Å²) in [5.74, 6) is -0.237. The van der Waals surface area contributed by atoms with Crippen molar-refractivity contribution in [2.75, 3.05) is 11.4 Å². The topological polar surface area (TPSA) is 83.5 Å². The van der Waals surface area contributed by atoms with Gasteiger partial charge in [0.2, 0.25) is 10.0 Å². The van der Waals surface area contributed by atoms with Crippen molar-refractivity contribution >= 4 is 42.6 Å². The molecule has 5 rings (SSSR count). The third kappa shape index (κ3) is 5.76. The first kappa shape index (κ1) is 27.4. The van der Waals surface area contributed by atoms with E-state index >= 15 is 0 Å². The average molecular weight is 563 g/mol. The van der Waals surface area contributed by atoms with Gasteiger partial charge in [0.25, 0.3) is 5.91 Å². The van der Waals surface area contributed by atoms with Crippen molar-refractivity contribution < 1.29 is 13.2 Å². The van der Waals surface area contributed by atoms with Crippen LogP contribution in [0, 0.1) is 0 Å². The van der Waals surface area contributed by atoms with E-state index in [2.05, 4.69) is 18.0 Å². The van der Waals surface area contributed by atoms with Gasteiger partial charge in [-0.25, -0.2) is 13.4 Å². The number of aryl methyl sites for hydroxylation is 1. The number of benzene rings is 2. The van der Waals surface area contributed by atoms with E-state index in [-0.39, 0.29) is 16.8 Å². The van der Waals surface area contributed by atoms with Crippen molar-refractivity contribution in [2.24, 2.45) is 0 Å². The van der Waals surface area contributed by atoms with Crippen LogP contribution in [0.2, 0.25) is 0 Å². The Morgan fingerprint density at radius 3 is 2.44 bits per heavy atom. The monoisotopic (exact) mass is 562 g/mol. The lowest BCUT2D eigenvalue weighted by atomic mass is 9.95. The molecule has 4 aromatic rings. The molecule has 1 aliphatic rings. The number of para-hydroxylation sites is 1. The van der Waals surface area contributed by atoms with Crippen LogP contribution >= 0.6 is 11.3 Å². The number of hydrogen-bond acceptors (Lipinski definition) is 6. The number of carbonyl (C=O) groups is 1. The standard InChI is InChI=1S/C30H34N4O3S2/c1-3-23-11-8-14-27-28(23)32-30(38-27)33(21-22-10-9-19-31-20-22)29(35)24-15-17-26(18-16-24)39(36,37)34(4-2)25-12-6-5-7-13-25/h8-11,14-20,25H,3-7,12-13,21H2,1-2H3. The van der Waals surface area contributed by atoms with Gasteiger partial charge in [0.05, 0.1) is 21.7 Å². The number of aromatic nitrogens is 2. The zero-order chi connectivity index (χ0) is 27.4. The molecular formula is C30H34N4O3S2. The van der Waals surface area contributed by atoms with Crippen molar-refractivity contribution in [3.63, 3.8) is 0 Å². The van der Waals surface area contributed by atoms with Gasteiger partial charge in [-0.15, -0.1) is 0 Å². The molecule has 0 saturated heterocycles. The van der Waals surface area contributed by atoms with Gasteiger partial charge >= 0.3 is 0 Å². The molecule has 0 N–H and O–H groups in total. The van der Waals surface area contributed by atoms with Crippen molar-refractivity contribution in [3.8, 4) is 0 Å². The van der Waals surface area contributed by atoms with Crippen LogP contribution in [0.1, 0.15) is 67.4 Å². The largest absolute Gasteiger partial charge is 0.279 e. The van der Waals surface area contributed by atoms with Crippen LogP contribution in [-0.2, 0) is 23.0 Å². The fourth-order valence-electron chi connectivity index (χ4n) is 5.35. The molecule has 1 saturated carbocycles. The van der Waals surface area contributed by atoms with Crippen molar-refractivity contribution in [1.29, 1.82) is 0 Å². The summed E-state index contributed by atoms with van der Waals surface area (Å²) in [6.07, 6.45) is 9.37. The van der Waals surface area contributed by atoms with Crippen LogP contribution in [0.4, 0.5) is 5.13 Å². The second-order valence-electron chi connectivity index (χ2n) is 9.89. The molecule has 39 heavy (non-hydrogen) atoms. The number of nitrogens with zero attached hydrogens (tertiary/aromatic N) is 4. The third-order valence-corrected chi connectivity index (χ3v) is 10.5. The predicted molar refractivity (Wildman–Crippen MR) is 157 cm³/mol. The summed E-state index contributed by atoms with van der Waals surface area (Å²) in [6.45, 7) is 4.72. The Hall–Kier alpha value is -3.14. The average Bonchev–Trinajstić information content (AvgIpc) is 3.41. The lowest BCUT2D eigenvalue weighted by molar-refractivity contribution is 0.0985. The molecule has 9 heteroatoms. The molecule has 2 aromatic carbocycles. The van der Waals surface area contributed by atoms with E-state index < -0.39 is 10.0 Å². The quantitative estimate of drug-likeness (QED) is 0.234. The molecular weight excluding hydrogens is 528 g/mol. The first-order chi connectivity index (χ1) is 18.9. The summed E-state index contributed by atoms with van der Waals surface area (Å²) in [6, 6.07) is 16.3. The number of carbonyl (C=O) groups excluding carboxylic acids is 1. The Morgan fingerprint density at radius 1 is 1.00 bits per heavy atom. The summed E-state index contributed by atoms with van der Waals surface area (Å²) in [7, 11) is -3.65. The van der Waals surface area contributed by atoms with Gasteiger partial charge < -0.3 is 0 Å². The fraction of sp³-hybridized carbons (Fsp3) is 0.367. The van der Waals surface area contributed by atoms with E-state index in [1.165, 1.54) is 11.3 Å². The molecule has 1 fully saturated rings. The Morgan fingerprint density at radius 2 is 1.77 bits per heavy atom. The van der Waals surface area contributed by atoms with Crippen molar-refractivity contribution in [3.05, 3.63) is 83.7 Å². The van der Waals surface area contributed by atoms with Crippen LogP contribution in [0.5, 0.6) is 0 Å². The van der Waals surface area contributed by atoms with Gasteiger partial charge in [-0.2, -0.15) is 4.31 Å². The van der Waals surface area contributed by atoms with Gasteiger partial charge in [-0.1, -0.05) is 62.6 Å². The Bertz CT molecular complexity index is 1530. The molecule has 1 amide bonds. The first-order valence-electron chi connectivity index (χ1n) is 13.6. The molecule has 0 bridgehead atoms. The molecule has 0 radical (unpaired) electrons. The molecule has 2 heterocycles. The summed E-state index contributed by atoms with van der Waals surface area (Å²) < 4.78 is 29.7. The minimum atomic E-state index is -3.65. The van der Waals surface area contributed by atoms with Crippen LogP contribution in [0.25, 0.3) is 10.2 Å². The first-order valence-corrected chi connectivity index (χ1v) is 15.9. The van der Waals surface area contributed by atoms with Crippen molar-refractivity contribution in [1.82, 2.24) is 14.3 Å². The summed E-state index contributed by atoms with van der Waals surface area (Å²) in [4.78, 5) is 24.8. The third-order valence-electron chi connectivity index (χ3n) is 7.41. The van der Waals surface area contributed by atoms with E-state index in [4.69, 9.17) is 4.98 Å². The maximum Gasteiger partial charge on any atom is 0.260 e. The molecule has 0 atom stereocenters. The van der Waals surface area contributed by atoms with Crippen LogP contribution in [0.3, 0.4) is 0 Å². The summed E-state index contributed by atoms with van der Waals surface area (Å²) >= 11 is 1.48. The molecule has 0 unspecified atom stereocenters. The smallest absolute Gasteiger partial charge is 0.260 e. The van der Waals surface area contributed by atoms with Crippen LogP contribution < -0.4 is 4.90 Å². The zero-order valence-electron chi connectivity index (χ0n) is 22.4. The van der Waals surface area contributed by atoms with Crippen LogP contribution in [-0.4, -0.2) is 41.2 Å². The highest BCUT2D eigenvalue weighted by Gasteiger charge is 2.31. The number of rotatable bonds is 9. The Balaban J connectivity index is 1.46. The zero-order valence-corrected chi connectivity index (χ0v) is 24.0. The fourth-order valence-corrected chi connectivity index (χ4v) is 8.05. The predicted octanol–water partition coefficient (Wildman–Crippen LogP) is 6.44. The SMILES string of the molecule is CCc1cccc2sc(N(Cc3cccnc3)C(=O)c3ccc(S(=O)(=O)N(CC)C4CCCCC4)cc3)nc12. The van der Waals surface area contributed by atoms with Gasteiger partial charge in [0.15, 0.2) is 5.13 Å². The van der Waals surface area contributed by atoms with Gasteiger partial charge in [-0.3, -0.25) is 14.7 Å². The maximum absolute atomic E-state index is 13.9. The maximum atomic E-state index is 13.9. The number of sulfonamides is 1. The minimum Gasteiger partial charge on any atom is -0.279 e. The summed E-state index contributed by atoms with van der Waals surface area (Å²) in [5.41, 5.74) is 3.34. The van der Waals surface area contributed by atoms with E-state index in [9.17, 15) is 13.2 Å². The van der Waals surface area contributed by atoms with E-state index in [1.54, 1.807) is 45.9 Å². The van der Waals surface area contributed by atoms with Gasteiger partial charge in [-0.05, 0) is 66.8 Å². The van der Waals surface area contributed by atoms with Crippen LogP contribution in [0.15, 0.2) is 71.9 Å². The number of pyridine rings is 1. The number of thiazole rings is 1. The Labute approximate surface area is 234 Å². The lowest BCUT2D eigenvalue weighted by Crippen LogP contribution is -2.41. The normalized spacial score (nSPS) is 14.6. The second kappa shape index (κ2) is 11.9. The second-order valence-corrected chi connectivity index (χ2v) is 12.8. The molecule has 7 nitrogen and oxygen atoms in total. The number of amides is 1. The highest BCUT2D eigenvalue weighted by molar-refractivity contribution is 7.89. The molecule has 204 valence electrons. The molecule has 0 spiro atoms. The highest BCUT2D eigenvalue weighted by atomic mass is 32.2. The number of anilines is 1. The van der Waals surface area contributed by atoms with E-state index in [0.717, 1.165) is 59.9 Å².